The number of nitrogens with one attached hydrogen (secondary N) is 2. The van der Waals surface area contributed by atoms with E-state index < -0.39 is 47.4 Å². The molecule has 42 heavy (non-hydrogen) atoms. The summed E-state index contributed by atoms with van der Waals surface area (Å²) in [5.41, 5.74) is -0.0624. The van der Waals surface area contributed by atoms with Gasteiger partial charge in [-0.2, -0.15) is 0 Å². The first kappa shape index (κ1) is 30.4. The molecule has 4 aliphatic rings. The summed E-state index contributed by atoms with van der Waals surface area (Å²) in [6, 6.07) is -0.895. The second-order valence-corrected chi connectivity index (χ2v) is 12.9. The fraction of sp³-hybridized carbons (Fsp3) is 0.700. The number of nitrogens with zero attached hydrogens (tertiary/aromatic N) is 2. The molecule has 4 aliphatic carbocycles. The molecule has 3 fully saturated rings. The lowest BCUT2D eigenvalue weighted by atomic mass is 9.45. The maximum Gasteiger partial charge on any atom is 0.328 e. The average Bonchev–Trinajstić information content (AvgIpc) is 3.57. The summed E-state index contributed by atoms with van der Waals surface area (Å²) in [7, 11) is 1.26. The number of aromatic nitrogens is 2. The highest BCUT2D eigenvalue weighted by molar-refractivity contribution is 5.96. The Morgan fingerprint density at radius 3 is 2.71 bits per heavy atom. The van der Waals surface area contributed by atoms with Crippen molar-refractivity contribution in [1.82, 2.24) is 15.3 Å². The van der Waals surface area contributed by atoms with E-state index in [2.05, 4.69) is 27.4 Å². The average molecular weight is 587 g/mol. The Morgan fingerprint density at radius 2 is 2.02 bits per heavy atom. The van der Waals surface area contributed by atoms with E-state index in [4.69, 9.17) is 9.57 Å². The Morgan fingerprint density at radius 1 is 1.24 bits per heavy atom. The zero-order chi connectivity index (χ0) is 30.3. The number of allylic oxidation sites excluding steroid dienone is 2. The van der Waals surface area contributed by atoms with Crippen molar-refractivity contribution in [2.45, 2.75) is 83.0 Å². The van der Waals surface area contributed by atoms with Gasteiger partial charge in [0.25, 0.3) is 5.91 Å². The molecule has 5 N–H and O–H groups in total. The number of esters is 1. The number of Topliss-reactive ketones (excluding diaryl/α,β-unsaturated/α-hetero) is 1. The Kier molecular flexibility index (Phi) is 8.34. The summed E-state index contributed by atoms with van der Waals surface area (Å²) in [6.45, 7) is 3.05. The number of hydrogen-bond donors (Lipinski definition) is 5. The first-order valence-electron chi connectivity index (χ1n) is 14.8. The molecule has 3 saturated carbocycles. The van der Waals surface area contributed by atoms with Gasteiger partial charge in [0.1, 0.15) is 18.2 Å². The van der Waals surface area contributed by atoms with Crippen molar-refractivity contribution >= 4 is 23.4 Å². The van der Waals surface area contributed by atoms with E-state index in [1.54, 1.807) is 6.20 Å². The van der Waals surface area contributed by atoms with Crippen LogP contribution < -0.4 is 5.32 Å². The molecule has 5 rings (SSSR count). The summed E-state index contributed by atoms with van der Waals surface area (Å²) >= 11 is 0. The van der Waals surface area contributed by atoms with Crippen molar-refractivity contribution in [3.8, 4) is 0 Å². The van der Waals surface area contributed by atoms with E-state index in [0.29, 0.717) is 31.4 Å². The number of methoxy groups -OCH3 is 1. The van der Waals surface area contributed by atoms with Gasteiger partial charge in [-0.05, 0) is 74.2 Å². The van der Waals surface area contributed by atoms with Crippen molar-refractivity contribution in [3.63, 3.8) is 0 Å². The lowest BCUT2D eigenvalue weighted by molar-refractivity contribution is -0.181. The normalized spacial score (nSPS) is 37.1. The van der Waals surface area contributed by atoms with Gasteiger partial charge in [0.05, 0.1) is 25.3 Å². The quantitative estimate of drug-likeness (QED) is 0.210. The monoisotopic (exact) mass is 586 g/mol. The van der Waals surface area contributed by atoms with E-state index >= 15 is 0 Å². The Labute approximate surface area is 244 Å². The Bertz CT molecular complexity index is 1260. The zero-order valence-corrected chi connectivity index (χ0v) is 24.5. The van der Waals surface area contributed by atoms with Crippen LogP contribution >= 0.6 is 0 Å². The van der Waals surface area contributed by atoms with Gasteiger partial charge in [0.2, 0.25) is 0 Å². The van der Waals surface area contributed by atoms with Crippen LogP contribution in [0.3, 0.4) is 0 Å². The van der Waals surface area contributed by atoms with E-state index in [0.717, 1.165) is 25.0 Å². The Hall–Kier alpha value is -3.09. The molecule has 0 aliphatic heterocycles. The summed E-state index contributed by atoms with van der Waals surface area (Å²) in [5.74, 6) is -1.41. The maximum atomic E-state index is 12.6. The molecule has 1 heterocycles. The number of aromatic amines is 1. The van der Waals surface area contributed by atoms with E-state index in [9.17, 15) is 29.7 Å². The third-order valence-corrected chi connectivity index (χ3v) is 10.8. The first-order valence-corrected chi connectivity index (χ1v) is 14.8. The number of ketones is 1. The van der Waals surface area contributed by atoms with Gasteiger partial charge in [0, 0.05) is 23.7 Å². The molecule has 1 aromatic rings. The molecule has 0 spiro atoms. The number of hydrogen-bond acceptors (Lipinski definition) is 10. The highest BCUT2D eigenvalue weighted by atomic mass is 16.6. The van der Waals surface area contributed by atoms with Crippen molar-refractivity contribution in [2.75, 3.05) is 20.3 Å². The standard InChI is InChI=1S/C30H42N4O8/c1-28-8-6-18(34-42-15-25(38)33-22(27(39)41-3)11-19-13-31-16-32-19)10-17(28)4-5-20-21-7-9-30(40,24(37)14-35)29(21,2)12-23(36)26(20)28/h10,13,16,20-23,26,35-36,40H,4-9,11-12,14-15H2,1-3H3,(H,31,32)(H,33,38)/t20-,21-,22-,23+,26+,28-,29-,30-/m0/s1. The maximum absolute atomic E-state index is 12.6. The molecule has 12 heteroatoms. The van der Waals surface area contributed by atoms with Crippen LogP contribution in [0.2, 0.25) is 0 Å². The predicted molar refractivity (Wildman–Crippen MR) is 150 cm³/mol. The second kappa shape index (κ2) is 11.5. The largest absolute Gasteiger partial charge is 0.467 e. The molecule has 8 atom stereocenters. The minimum absolute atomic E-state index is 0.0134. The van der Waals surface area contributed by atoms with Crippen LogP contribution in [-0.4, -0.2) is 86.7 Å². The lowest BCUT2D eigenvalue weighted by Gasteiger charge is -2.60. The molecule has 0 unspecified atom stereocenters. The summed E-state index contributed by atoms with van der Waals surface area (Å²) < 4.78 is 4.80. The van der Waals surface area contributed by atoms with Crippen LogP contribution in [0.15, 0.2) is 29.3 Å². The zero-order valence-electron chi connectivity index (χ0n) is 24.5. The molecule has 12 nitrogen and oxygen atoms in total. The van der Waals surface area contributed by atoms with Gasteiger partial charge < -0.3 is 35.2 Å². The summed E-state index contributed by atoms with van der Waals surface area (Å²) in [6.07, 6.45) is 8.90. The van der Waals surface area contributed by atoms with E-state index in [1.807, 2.05) is 13.0 Å². The molecule has 0 bridgehead atoms. The second-order valence-electron chi connectivity index (χ2n) is 12.9. The smallest absolute Gasteiger partial charge is 0.328 e. The fourth-order valence-electron chi connectivity index (χ4n) is 8.73. The third-order valence-electron chi connectivity index (χ3n) is 10.8. The number of ether oxygens (including phenoxy) is 1. The summed E-state index contributed by atoms with van der Waals surface area (Å²) in [5, 5.41) is 39.3. The van der Waals surface area contributed by atoms with Gasteiger partial charge in [0.15, 0.2) is 12.4 Å². The number of carbonyl (C=O) groups excluding carboxylic acids is 3. The van der Waals surface area contributed by atoms with Gasteiger partial charge >= 0.3 is 5.97 Å². The van der Waals surface area contributed by atoms with Gasteiger partial charge in [-0.25, -0.2) is 9.78 Å². The van der Waals surface area contributed by atoms with Crippen LogP contribution in [0.1, 0.15) is 64.5 Å². The van der Waals surface area contributed by atoms with Gasteiger partial charge in [-0.15, -0.1) is 0 Å². The topological polar surface area (TPSA) is 183 Å². The fourth-order valence-corrected chi connectivity index (χ4v) is 8.73. The number of amides is 1. The molecule has 1 amide bonds. The third kappa shape index (κ3) is 5.07. The van der Waals surface area contributed by atoms with Crippen molar-refractivity contribution < 1.29 is 39.3 Å². The minimum atomic E-state index is -1.61. The van der Waals surface area contributed by atoms with Gasteiger partial charge in [-0.1, -0.05) is 24.6 Å². The summed E-state index contributed by atoms with van der Waals surface area (Å²) in [4.78, 5) is 49.4. The van der Waals surface area contributed by atoms with Crippen LogP contribution in [0, 0.1) is 28.6 Å². The molecular formula is C30H42N4O8. The predicted octanol–water partition coefficient (Wildman–Crippen LogP) is 1.21. The van der Waals surface area contributed by atoms with Crippen LogP contribution in [0.5, 0.6) is 0 Å². The highest BCUT2D eigenvalue weighted by Gasteiger charge is 2.68. The van der Waals surface area contributed by atoms with Crippen molar-refractivity contribution in [2.24, 2.45) is 33.7 Å². The van der Waals surface area contributed by atoms with E-state index in [1.165, 1.54) is 19.0 Å². The number of carbonyl (C=O) groups is 3. The van der Waals surface area contributed by atoms with Gasteiger partial charge in [-0.3, -0.25) is 9.59 Å². The Balaban J connectivity index is 1.24. The molecule has 0 radical (unpaired) electrons. The minimum Gasteiger partial charge on any atom is -0.467 e. The number of imidazole rings is 1. The first-order chi connectivity index (χ1) is 20.0. The lowest BCUT2D eigenvalue weighted by Crippen LogP contribution is -2.62. The van der Waals surface area contributed by atoms with Crippen LogP contribution in [-0.2, 0) is 30.4 Å². The molecular weight excluding hydrogens is 544 g/mol. The molecule has 0 aromatic carbocycles. The van der Waals surface area contributed by atoms with E-state index in [-0.39, 0.29) is 36.2 Å². The van der Waals surface area contributed by atoms with Crippen LogP contribution in [0.25, 0.3) is 0 Å². The van der Waals surface area contributed by atoms with Crippen LogP contribution in [0.4, 0.5) is 0 Å². The SMILES string of the molecule is COC(=O)[C@H](Cc1cnc[nH]1)NC(=O)CON=C1C=C2CC[C@@H]3[C@H]([C@H](O)C[C@@]4(C)[C@H]3CC[C@]4(O)C(=O)CO)[C@@]2(C)CC1. The number of fused-ring (bicyclic) bond motifs is 5. The van der Waals surface area contributed by atoms with Crippen molar-refractivity contribution in [1.29, 1.82) is 0 Å². The number of aliphatic hydroxyl groups is 3. The molecule has 230 valence electrons. The molecule has 1 aromatic heterocycles. The molecule has 0 saturated heterocycles. The number of oxime groups is 1. The highest BCUT2D eigenvalue weighted by Crippen LogP contribution is 2.67. The number of aliphatic hydroxyl groups excluding tert-OH is 2. The van der Waals surface area contributed by atoms with Crippen molar-refractivity contribution in [3.05, 3.63) is 29.9 Å². The number of rotatable bonds is 9. The number of H-pyrrole nitrogens is 1.